The predicted octanol–water partition coefficient (Wildman–Crippen LogP) is 3.41. The van der Waals surface area contributed by atoms with Crippen LogP contribution in [0, 0.1) is 16.7 Å². The quantitative estimate of drug-likeness (QED) is 0.710. The van der Waals surface area contributed by atoms with Gasteiger partial charge in [-0.3, -0.25) is 4.79 Å². The van der Waals surface area contributed by atoms with E-state index in [1.54, 1.807) is 12.1 Å². The Kier molecular flexibility index (Phi) is 5.37. The summed E-state index contributed by atoms with van der Waals surface area (Å²) < 4.78 is 33.3. The lowest BCUT2D eigenvalue weighted by Crippen LogP contribution is -2.52. The van der Waals surface area contributed by atoms with E-state index in [4.69, 9.17) is 4.74 Å². The molecular formula is C21H29BrN2O4S. The molecule has 160 valence electrons. The fourth-order valence-corrected chi connectivity index (χ4v) is 8.00. The Bertz CT molecular complexity index is 922. The van der Waals surface area contributed by atoms with Crippen LogP contribution in [0.15, 0.2) is 27.6 Å². The molecule has 0 unspecified atom stereocenters. The minimum atomic E-state index is -3.69. The highest BCUT2D eigenvalue weighted by molar-refractivity contribution is 9.10. The molecule has 6 nitrogen and oxygen atoms in total. The van der Waals surface area contributed by atoms with Gasteiger partial charge < -0.3 is 10.1 Å². The van der Waals surface area contributed by atoms with Crippen molar-refractivity contribution in [3.8, 4) is 0 Å². The van der Waals surface area contributed by atoms with E-state index in [2.05, 4.69) is 42.0 Å². The van der Waals surface area contributed by atoms with Crippen molar-refractivity contribution in [3.05, 3.63) is 28.2 Å². The van der Waals surface area contributed by atoms with E-state index in [1.807, 2.05) is 0 Å². The third kappa shape index (κ3) is 3.56. The molecule has 1 aliphatic heterocycles. The van der Waals surface area contributed by atoms with Gasteiger partial charge in [0.1, 0.15) is 0 Å². The second-order valence-electron chi connectivity index (χ2n) is 9.48. The molecule has 29 heavy (non-hydrogen) atoms. The zero-order valence-corrected chi connectivity index (χ0v) is 19.6. The Morgan fingerprint density at radius 1 is 1.24 bits per heavy atom. The normalized spacial score (nSPS) is 31.7. The predicted molar refractivity (Wildman–Crippen MR) is 114 cm³/mol. The Hall–Kier alpha value is -0.960. The van der Waals surface area contributed by atoms with Crippen LogP contribution in [-0.2, 0) is 14.8 Å². The molecule has 1 saturated heterocycles. The number of halogens is 1. The van der Waals surface area contributed by atoms with Gasteiger partial charge in [0.2, 0.25) is 10.0 Å². The van der Waals surface area contributed by atoms with Crippen molar-refractivity contribution < 1.29 is 17.9 Å². The second kappa shape index (κ2) is 7.32. The molecule has 8 heteroatoms. The van der Waals surface area contributed by atoms with Crippen LogP contribution in [0.2, 0.25) is 0 Å². The highest BCUT2D eigenvalue weighted by atomic mass is 79.9. The average molecular weight is 485 g/mol. The largest absolute Gasteiger partial charge is 0.379 e. The molecule has 1 N–H and O–H groups in total. The summed E-state index contributed by atoms with van der Waals surface area (Å²) in [5, 5.41) is 3.25. The van der Waals surface area contributed by atoms with Crippen LogP contribution < -0.4 is 5.32 Å². The van der Waals surface area contributed by atoms with Crippen LogP contribution in [0.5, 0.6) is 0 Å². The van der Waals surface area contributed by atoms with Gasteiger partial charge in [0.15, 0.2) is 0 Å². The Balaban J connectivity index is 1.60. The fraction of sp³-hybridized carbons (Fsp3) is 0.667. The fourth-order valence-electron chi connectivity index (χ4n) is 5.65. The van der Waals surface area contributed by atoms with Gasteiger partial charge in [-0.1, -0.05) is 20.8 Å². The number of amides is 1. The van der Waals surface area contributed by atoms with E-state index in [-0.39, 0.29) is 27.7 Å². The molecule has 4 rings (SSSR count). The van der Waals surface area contributed by atoms with Crippen molar-refractivity contribution >= 4 is 31.9 Å². The molecular weight excluding hydrogens is 456 g/mol. The summed E-state index contributed by atoms with van der Waals surface area (Å²) in [6.45, 7) is 8.15. The molecule has 1 aromatic rings. The number of hydrogen-bond donors (Lipinski definition) is 1. The average Bonchev–Trinajstić information content (AvgIpc) is 3.17. The van der Waals surface area contributed by atoms with Gasteiger partial charge in [-0.2, -0.15) is 4.31 Å². The lowest BCUT2D eigenvalue weighted by Gasteiger charge is -2.43. The zero-order chi connectivity index (χ0) is 21.0. The number of nitrogens with zero attached hydrogens (tertiary/aromatic N) is 1. The number of carbonyl (C=O) groups is 1. The number of rotatable bonds is 4. The molecule has 2 saturated carbocycles. The summed E-state index contributed by atoms with van der Waals surface area (Å²) in [5.41, 5.74) is 0.532. The Morgan fingerprint density at radius 3 is 2.55 bits per heavy atom. The van der Waals surface area contributed by atoms with Crippen LogP contribution >= 0.6 is 15.9 Å². The summed E-state index contributed by atoms with van der Waals surface area (Å²) in [6.07, 6.45) is 3.49. The van der Waals surface area contributed by atoms with E-state index in [0.717, 1.165) is 12.8 Å². The molecule has 3 aliphatic rings. The summed E-state index contributed by atoms with van der Waals surface area (Å²) >= 11 is 3.35. The lowest BCUT2D eigenvalue weighted by atomic mass is 9.68. The van der Waals surface area contributed by atoms with Gasteiger partial charge >= 0.3 is 0 Å². The summed E-state index contributed by atoms with van der Waals surface area (Å²) in [4.78, 5) is 13.2. The molecule has 0 aromatic heterocycles. The van der Waals surface area contributed by atoms with Gasteiger partial charge in [-0.15, -0.1) is 0 Å². The molecule has 2 bridgehead atoms. The number of morpholine rings is 1. The van der Waals surface area contributed by atoms with Crippen LogP contribution in [0.25, 0.3) is 0 Å². The van der Waals surface area contributed by atoms with Crippen molar-refractivity contribution in [2.24, 2.45) is 16.7 Å². The Morgan fingerprint density at radius 2 is 1.93 bits per heavy atom. The lowest BCUT2D eigenvalue weighted by molar-refractivity contribution is 0.0728. The number of carbonyl (C=O) groups excluding carboxylic acids is 1. The molecule has 1 aromatic carbocycles. The molecule has 1 amide bonds. The van der Waals surface area contributed by atoms with Crippen molar-refractivity contribution in [3.63, 3.8) is 0 Å². The van der Waals surface area contributed by atoms with Gasteiger partial charge in [-0.25, -0.2) is 8.42 Å². The van der Waals surface area contributed by atoms with Gasteiger partial charge in [-0.05, 0) is 70.1 Å². The number of sulfonamides is 1. The van der Waals surface area contributed by atoms with Gasteiger partial charge in [0.25, 0.3) is 5.91 Å². The number of ether oxygens (including phenoxy) is 1. The van der Waals surface area contributed by atoms with E-state index in [0.29, 0.717) is 42.3 Å². The topological polar surface area (TPSA) is 75.7 Å². The van der Waals surface area contributed by atoms with E-state index >= 15 is 0 Å². The molecule has 1 heterocycles. The van der Waals surface area contributed by atoms with Crippen LogP contribution in [0.3, 0.4) is 0 Å². The highest BCUT2D eigenvalue weighted by Gasteiger charge is 2.59. The second-order valence-corrected chi connectivity index (χ2v) is 12.2. The number of hydrogen-bond acceptors (Lipinski definition) is 4. The Labute approximate surface area is 181 Å². The third-order valence-corrected chi connectivity index (χ3v) is 10.2. The van der Waals surface area contributed by atoms with Gasteiger partial charge in [0.05, 0.1) is 18.1 Å². The maximum Gasteiger partial charge on any atom is 0.251 e. The van der Waals surface area contributed by atoms with Crippen LogP contribution in [-0.4, -0.2) is 51.0 Å². The number of benzene rings is 1. The first-order chi connectivity index (χ1) is 13.6. The molecule has 0 radical (unpaired) electrons. The van der Waals surface area contributed by atoms with Gasteiger partial charge in [0, 0.05) is 29.2 Å². The number of nitrogens with one attached hydrogen (secondary N) is 1. The molecule has 3 fully saturated rings. The van der Waals surface area contributed by atoms with Crippen LogP contribution in [0.4, 0.5) is 0 Å². The first kappa shape index (κ1) is 21.3. The third-order valence-electron chi connectivity index (χ3n) is 7.33. The SMILES string of the molecule is CC1(C)[C@H]2CC[C@](C)(C2)[C@@H]1NC(=O)c1ccc(Br)c(S(=O)(=O)N2CCOCC2)c1. The smallest absolute Gasteiger partial charge is 0.251 e. The molecule has 3 atom stereocenters. The summed E-state index contributed by atoms with van der Waals surface area (Å²) in [5.74, 6) is 0.419. The van der Waals surface area contributed by atoms with Crippen molar-refractivity contribution in [1.29, 1.82) is 0 Å². The van der Waals surface area contributed by atoms with Crippen molar-refractivity contribution in [2.45, 2.75) is 51.0 Å². The van der Waals surface area contributed by atoms with Crippen molar-refractivity contribution in [2.75, 3.05) is 26.3 Å². The highest BCUT2D eigenvalue weighted by Crippen LogP contribution is 2.62. The molecule has 2 aliphatic carbocycles. The van der Waals surface area contributed by atoms with E-state index < -0.39 is 10.0 Å². The van der Waals surface area contributed by atoms with Crippen molar-refractivity contribution in [1.82, 2.24) is 9.62 Å². The maximum atomic E-state index is 13.1. The first-order valence-corrected chi connectivity index (χ1v) is 12.5. The van der Waals surface area contributed by atoms with Crippen LogP contribution in [0.1, 0.15) is 50.4 Å². The summed E-state index contributed by atoms with van der Waals surface area (Å²) in [6, 6.07) is 4.91. The summed E-state index contributed by atoms with van der Waals surface area (Å²) in [7, 11) is -3.69. The standard InChI is InChI=1S/C21H29BrN2O4S/c1-20(2)15-6-7-21(3,13-15)19(20)23-18(25)14-4-5-16(22)17(12-14)29(26,27)24-8-10-28-11-9-24/h4-5,12,15,19H,6-11,13H2,1-3H3,(H,23,25)/t15-,19+,21+/m0/s1. The maximum absolute atomic E-state index is 13.1. The first-order valence-electron chi connectivity index (χ1n) is 10.2. The molecule has 0 spiro atoms. The zero-order valence-electron chi connectivity index (χ0n) is 17.2. The minimum Gasteiger partial charge on any atom is -0.379 e. The van der Waals surface area contributed by atoms with E-state index in [1.165, 1.54) is 16.8 Å². The monoisotopic (exact) mass is 484 g/mol. The number of fused-ring (bicyclic) bond motifs is 2. The minimum absolute atomic E-state index is 0.0424. The van der Waals surface area contributed by atoms with E-state index in [9.17, 15) is 13.2 Å².